The molecule has 1 aliphatic rings. The predicted molar refractivity (Wildman–Crippen MR) is 128 cm³/mol. The van der Waals surface area contributed by atoms with Crippen LogP contribution in [0.3, 0.4) is 0 Å². The summed E-state index contributed by atoms with van der Waals surface area (Å²) in [5.41, 5.74) is 1.64. The molecule has 0 radical (unpaired) electrons. The molecular weight excluding hydrogens is 418 g/mol. The van der Waals surface area contributed by atoms with Crippen LogP contribution in [0.1, 0.15) is 75.6 Å². The number of benzene rings is 1. The number of aliphatic carboxylic acids is 1. The van der Waals surface area contributed by atoms with Crippen LogP contribution < -0.4 is 0 Å². The second-order valence-corrected chi connectivity index (χ2v) is 9.26. The van der Waals surface area contributed by atoms with Crippen LogP contribution in [0, 0.1) is 5.92 Å². The summed E-state index contributed by atoms with van der Waals surface area (Å²) in [4.78, 5) is 26.0. The molecule has 0 bridgehead atoms. The number of carbonyl (C=O) groups excluding carboxylic acids is 1. The molecule has 2 unspecified atom stereocenters. The van der Waals surface area contributed by atoms with Crippen molar-refractivity contribution < 1.29 is 23.8 Å². The smallest absolute Gasteiger partial charge is 0.303 e. The number of carbonyl (C=O) groups is 2. The van der Waals surface area contributed by atoms with Crippen molar-refractivity contribution in [2.45, 2.75) is 77.4 Å². The van der Waals surface area contributed by atoms with Crippen molar-refractivity contribution in [2.75, 3.05) is 13.2 Å². The molecule has 1 N–H and O–H groups in total. The summed E-state index contributed by atoms with van der Waals surface area (Å²) in [6.07, 6.45) is 8.89. The maximum atomic E-state index is 13.4. The van der Waals surface area contributed by atoms with Gasteiger partial charge in [0.25, 0.3) is 5.91 Å². The maximum Gasteiger partial charge on any atom is 0.303 e. The number of rotatable bonds is 12. The van der Waals surface area contributed by atoms with Gasteiger partial charge in [-0.3, -0.25) is 9.59 Å². The third-order valence-electron chi connectivity index (χ3n) is 6.46. The second kappa shape index (κ2) is 12.6. The fourth-order valence-electron chi connectivity index (χ4n) is 4.56. The molecule has 1 aromatic carbocycles. The van der Waals surface area contributed by atoms with Crippen molar-refractivity contribution in [3.63, 3.8) is 0 Å². The van der Waals surface area contributed by atoms with Gasteiger partial charge in [0.1, 0.15) is 5.76 Å². The van der Waals surface area contributed by atoms with Gasteiger partial charge in [-0.1, -0.05) is 31.4 Å². The van der Waals surface area contributed by atoms with Gasteiger partial charge < -0.3 is 19.2 Å². The van der Waals surface area contributed by atoms with Gasteiger partial charge in [0.2, 0.25) is 0 Å². The zero-order chi connectivity index (χ0) is 23.6. The molecule has 0 saturated heterocycles. The molecule has 0 aliphatic heterocycles. The van der Waals surface area contributed by atoms with Crippen molar-refractivity contribution in [1.82, 2.24) is 4.90 Å². The van der Waals surface area contributed by atoms with Crippen molar-refractivity contribution in [3.05, 3.63) is 48.2 Å². The quantitative estimate of drug-likeness (QED) is 0.396. The molecule has 1 fully saturated rings. The molecule has 6 nitrogen and oxygen atoms in total. The molecule has 6 heteroatoms. The second-order valence-electron chi connectivity index (χ2n) is 9.26. The summed E-state index contributed by atoms with van der Waals surface area (Å²) in [6, 6.07) is 11.5. The molecule has 180 valence electrons. The van der Waals surface area contributed by atoms with Crippen molar-refractivity contribution >= 4 is 11.9 Å². The Hall–Kier alpha value is -2.60. The Morgan fingerprint density at radius 3 is 2.52 bits per heavy atom. The van der Waals surface area contributed by atoms with Crippen LogP contribution in [0.2, 0.25) is 0 Å². The number of nitrogens with zero attached hydrogens (tertiary/aromatic N) is 1. The van der Waals surface area contributed by atoms with E-state index in [4.69, 9.17) is 14.3 Å². The van der Waals surface area contributed by atoms with E-state index in [9.17, 15) is 9.59 Å². The van der Waals surface area contributed by atoms with Crippen molar-refractivity contribution in [2.24, 2.45) is 5.92 Å². The fourth-order valence-corrected chi connectivity index (χ4v) is 4.56. The van der Waals surface area contributed by atoms with E-state index in [1.165, 1.54) is 6.42 Å². The lowest BCUT2D eigenvalue weighted by Crippen LogP contribution is -2.44. The first-order valence-corrected chi connectivity index (χ1v) is 12.2. The Morgan fingerprint density at radius 2 is 1.85 bits per heavy atom. The minimum absolute atomic E-state index is 0.0500. The highest BCUT2D eigenvalue weighted by Crippen LogP contribution is 2.29. The van der Waals surface area contributed by atoms with Gasteiger partial charge >= 0.3 is 5.97 Å². The average molecular weight is 456 g/mol. The summed E-state index contributed by atoms with van der Waals surface area (Å²) in [5, 5.41) is 8.75. The predicted octanol–water partition coefficient (Wildman–Crippen LogP) is 6.02. The maximum absolute atomic E-state index is 13.4. The zero-order valence-corrected chi connectivity index (χ0v) is 19.9. The van der Waals surface area contributed by atoms with Crippen LogP contribution in [-0.4, -0.2) is 47.2 Å². The van der Waals surface area contributed by atoms with E-state index < -0.39 is 5.97 Å². The molecule has 3 rings (SSSR count). The molecule has 1 aliphatic carbocycles. The summed E-state index contributed by atoms with van der Waals surface area (Å²) < 4.78 is 11.7. The van der Waals surface area contributed by atoms with Crippen LogP contribution in [0.4, 0.5) is 0 Å². The lowest BCUT2D eigenvalue weighted by atomic mass is 9.85. The van der Waals surface area contributed by atoms with Crippen LogP contribution in [0.25, 0.3) is 11.3 Å². The van der Waals surface area contributed by atoms with E-state index in [1.807, 2.05) is 41.3 Å². The first-order valence-electron chi connectivity index (χ1n) is 12.2. The molecule has 0 spiro atoms. The minimum atomic E-state index is -0.739. The zero-order valence-electron chi connectivity index (χ0n) is 19.9. The average Bonchev–Trinajstić information content (AvgIpc) is 3.35. The van der Waals surface area contributed by atoms with E-state index in [1.54, 1.807) is 6.26 Å². The van der Waals surface area contributed by atoms with Gasteiger partial charge in [-0.25, -0.2) is 0 Å². The highest BCUT2D eigenvalue weighted by atomic mass is 16.5. The highest BCUT2D eigenvalue weighted by molar-refractivity contribution is 5.94. The van der Waals surface area contributed by atoms with Gasteiger partial charge in [-0.05, 0) is 63.8 Å². The lowest BCUT2D eigenvalue weighted by Gasteiger charge is -2.37. The van der Waals surface area contributed by atoms with E-state index in [0.717, 1.165) is 43.4 Å². The number of ether oxygens (including phenoxy) is 1. The van der Waals surface area contributed by atoms with Gasteiger partial charge in [0.05, 0.1) is 12.4 Å². The van der Waals surface area contributed by atoms with Crippen LogP contribution in [0.15, 0.2) is 47.1 Å². The Morgan fingerprint density at radius 1 is 1.09 bits per heavy atom. The van der Waals surface area contributed by atoms with E-state index >= 15 is 0 Å². The topological polar surface area (TPSA) is 80.0 Å². The molecular formula is C27H37NO5. The summed E-state index contributed by atoms with van der Waals surface area (Å²) in [7, 11) is 0. The molecule has 2 atom stereocenters. The number of amides is 1. The number of unbranched alkanes of at least 4 members (excludes halogenated alkanes) is 2. The third-order valence-corrected chi connectivity index (χ3v) is 6.46. The molecule has 33 heavy (non-hydrogen) atoms. The monoisotopic (exact) mass is 455 g/mol. The van der Waals surface area contributed by atoms with Crippen LogP contribution >= 0.6 is 0 Å². The molecule has 2 aromatic rings. The number of hydrogen-bond acceptors (Lipinski definition) is 4. The Kier molecular flexibility index (Phi) is 9.55. The molecule has 1 amide bonds. The minimum Gasteiger partial charge on any atom is -0.481 e. The number of carboxylic acids is 1. The van der Waals surface area contributed by atoms with Crippen LogP contribution in [0.5, 0.6) is 0 Å². The molecule has 1 aromatic heterocycles. The van der Waals surface area contributed by atoms with Crippen LogP contribution in [-0.2, 0) is 9.53 Å². The largest absolute Gasteiger partial charge is 0.481 e. The van der Waals surface area contributed by atoms with E-state index in [0.29, 0.717) is 31.1 Å². The standard InChI is InChI=1S/C27H37NO5/c1-20(2)28(27(31)22-15-13-21(14-16-22)24-11-8-18-33-24)19-23-9-5-6-10-25(23)32-17-7-3-4-12-26(29)30/h8,11,13-16,18,20,23,25H,3-7,9-10,12,17,19H2,1-2H3,(H,29,30). The summed E-state index contributed by atoms with van der Waals surface area (Å²) >= 11 is 0. The molecule has 1 saturated carbocycles. The number of furan rings is 1. The Bertz CT molecular complexity index is 859. The SMILES string of the molecule is CC(C)N(CC1CCCCC1OCCCCCC(=O)O)C(=O)c1ccc(-c2ccco2)cc1. The highest BCUT2D eigenvalue weighted by Gasteiger charge is 2.30. The first kappa shape index (κ1) is 25.0. The van der Waals surface area contributed by atoms with E-state index in [-0.39, 0.29) is 24.5 Å². The Labute approximate surface area is 196 Å². The third kappa shape index (κ3) is 7.46. The Balaban J connectivity index is 1.57. The van der Waals surface area contributed by atoms with Gasteiger partial charge in [-0.15, -0.1) is 0 Å². The van der Waals surface area contributed by atoms with Crippen molar-refractivity contribution in [1.29, 1.82) is 0 Å². The number of hydrogen-bond donors (Lipinski definition) is 1. The van der Waals surface area contributed by atoms with E-state index in [2.05, 4.69) is 13.8 Å². The van der Waals surface area contributed by atoms with Gasteiger partial charge in [0.15, 0.2) is 0 Å². The molecule has 1 heterocycles. The normalized spacial score (nSPS) is 18.4. The van der Waals surface area contributed by atoms with Crippen molar-refractivity contribution in [3.8, 4) is 11.3 Å². The van der Waals surface area contributed by atoms with Gasteiger partial charge in [0, 0.05) is 42.7 Å². The van der Waals surface area contributed by atoms with Gasteiger partial charge in [-0.2, -0.15) is 0 Å². The lowest BCUT2D eigenvalue weighted by molar-refractivity contribution is -0.137. The fraction of sp³-hybridized carbons (Fsp3) is 0.556. The first-order chi connectivity index (χ1) is 16.0. The number of carboxylic acid groups (broad SMARTS) is 1. The summed E-state index contributed by atoms with van der Waals surface area (Å²) in [6.45, 7) is 5.48. The summed E-state index contributed by atoms with van der Waals surface area (Å²) in [5.74, 6) is 0.428.